The number of aromatic nitrogens is 1. The number of likely N-dealkylation sites (N-methyl/N-ethyl adjacent to an activating group) is 1. The topological polar surface area (TPSA) is 46.3 Å². The summed E-state index contributed by atoms with van der Waals surface area (Å²) in [4.78, 5) is 14.2. The van der Waals surface area contributed by atoms with Crippen LogP contribution in [0.5, 0.6) is 0 Å². The minimum absolute atomic E-state index is 0.0626. The van der Waals surface area contributed by atoms with Crippen molar-refractivity contribution >= 4 is 16.7 Å². The van der Waals surface area contributed by atoms with Gasteiger partial charge in [0.1, 0.15) is 5.76 Å². The Morgan fingerprint density at radius 1 is 1.13 bits per heavy atom. The molecule has 0 aliphatic carbocycles. The molecule has 1 heterocycles. The number of fused-ring (bicyclic) bond motifs is 1. The van der Waals surface area contributed by atoms with Gasteiger partial charge in [-0.3, -0.25) is 4.79 Å². The van der Waals surface area contributed by atoms with Crippen LogP contribution in [0.25, 0.3) is 10.8 Å². The molecule has 1 amide bonds. The van der Waals surface area contributed by atoms with Gasteiger partial charge in [0.05, 0.1) is 12.1 Å². The van der Waals surface area contributed by atoms with Crippen LogP contribution in [0.4, 0.5) is 0 Å². The van der Waals surface area contributed by atoms with Crippen molar-refractivity contribution in [2.75, 3.05) is 7.05 Å². The summed E-state index contributed by atoms with van der Waals surface area (Å²) in [5.41, 5.74) is 2.80. The fraction of sp³-hybridized carbons (Fsp3) is 0.263. The van der Waals surface area contributed by atoms with Crippen molar-refractivity contribution in [3.05, 3.63) is 65.0 Å². The lowest BCUT2D eigenvalue weighted by Gasteiger charge is -2.17. The Balaban J connectivity index is 1.72. The van der Waals surface area contributed by atoms with Crippen LogP contribution in [-0.2, 0) is 17.8 Å². The summed E-state index contributed by atoms with van der Waals surface area (Å²) in [5.74, 6) is 0.780. The summed E-state index contributed by atoms with van der Waals surface area (Å²) in [6, 6.07) is 14.5. The van der Waals surface area contributed by atoms with Gasteiger partial charge in [0.25, 0.3) is 0 Å². The lowest BCUT2D eigenvalue weighted by Crippen LogP contribution is -2.28. The molecule has 2 aromatic carbocycles. The van der Waals surface area contributed by atoms with Crippen LogP contribution in [0, 0.1) is 13.8 Å². The van der Waals surface area contributed by atoms with Crippen LogP contribution in [0.15, 0.2) is 47.0 Å². The van der Waals surface area contributed by atoms with Gasteiger partial charge in [0.15, 0.2) is 0 Å². The molecule has 23 heavy (non-hydrogen) atoms. The fourth-order valence-electron chi connectivity index (χ4n) is 2.74. The van der Waals surface area contributed by atoms with Gasteiger partial charge in [-0.15, -0.1) is 0 Å². The molecule has 0 aliphatic heterocycles. The second kappa shape index (κ2) is 6.24. The Labute approximate surface area is 135 Å². The van der Waals surface area contributed by atoms with Crippen LogP contribution in [0.3, 0.4) is 0 Å². The molecule has 0 fully saturated rings. The second-order valence-corrected chi connectivity index (χ2v) is 5.91. The van der Waals surface area contributed by atoms with Gasteiger partial charge in [-0.05, 0) is 36.2 Å². The van der Waals surface area contributed by atoms with E-state index in [1.165, 1.54) is 10.8 Å². The summed E-state index contributed by atoms with van der Waals surface area (Å²) in [6.45, 7) is 4.29. The van der Waals surface area contributed by atoms with Crippen molar-refractivity contribution in [3.63, 3.8) is 0 Å². The second-order valence-electron chi connectivity index (χ2n) is 5.91. The van der Waals surface area contributed by atoms with E-state index in [4.69, 9.17) is 4.52 Å². The first-order valence-electron chi connectivity index (χ1n) is 7.68. The molecule has 3 aromatic rings. The van der Waals surface area contributed by atoms with Crippen LogP contribution in [0.2, 0.25) is 0 Å². The molecule has 0 aliphatic rings. The van der Waals surface area contributed by atoms with Gasteiger partial charge in [-0.1, -0.05) is 41.6 Å². The molecule has 0 N–H and O–H groups in total. The number of aryl methyl sites for hydroxylation is 2. The SMILES string of the molecule is Cc1noc(C)c1CC(=O)N(C)Cc1ccc2ccccc2c1. The maximum atomic E-state index is 12.4. The summed E-state index contributed by atoms with van der Waals surface area (Å²) >= 11 is 0. The monoisotopic (exact) mass is 308 g/mol. The zero-order valence-electron chi connectivity index (χ0n) is 13.7. The molecule has 0 spiro atoms. The molecule has 4 nitrogen and oxygen atoms in total. The third-order valence-electron chi connectivity index (χ3n) is 4.17. The highest BCUT2D eigenvalue weighted by atomic mass is 16.5. The molecule has 0 radical (unpaired) electrons. The zero-order chi connectivity index (χ0) is 16.4. The molecular weight excluding hydrogens is 288 g/mol. The van der Waals surface area contributed by atoms with Gasteiger partial charge < -0.3 is 9.42 Å². The molecular formula is C19H20N2O2. The van der Waals surface area contributed by atoms with Gasteiger partial charge in [0, 0.05) is 19.2 Å². The first-order chi connectivity index (χ1) is 11.0. The van der Waals surface area contributed by atoms with E-state index in [0.717, 1.165) is 22.6 Å². The quantitative estimate of drug-likeness (QED) is 0.739. The van der Waals surface area contributed by atoms with E-state index in [1.807, 2.05) is 33.0 Å². The maximum Gasteiger partial charge on any atom is 0.227 e. The number of amides is 1. The van der Waals surface area contributed by atoms with E-state index in [-0.39, 0.29) is 5.91 Å². The highest BCUT2D eigenvalue weighted by molar-refractivity contribution is 5.83. The van der Waals surface area contributed by atoms with E-state index in [0.29, 0.717) is 13.0 Å². The van der Waals surface area contributed by atoms with E-state index in [9.17, 15) is 4.79 Å². The largest absolute Gasteiger partial charge is 0.361 e. The first-order valence-corrected chi connectivity index (χ1v) is 7.68. The Morgan fingerprint density at radius 3 is 2.57 bits per heavy atom. The maximum absolute atomic E-state index is 12.4. The number of nitrogens with zero attached hydrogens (tertiary/aromatic N) is 2. The predicted octanol–water partition coefficient (Wildman–Crippen LogP) is 3.65. The molecule has 0 unspecified atom stereocenters. The van der Waals surface area contributed by atoms with Crippen molar-refractivity contribution in [2.45, 2.75) is 26.8 Å². The molecule has 0 saturated carbocycles. The average molecular weight is 308 g/mol. The summed E-state index contributed by atoms with van der Waals surface area (Å²) < 4.78 is 5.12. The average Bonchev–Trinajstić information content (AvgIpc) is 2.86. The van der Waals surface area contributed by atoms with E-state index >= 15 is 0 Å². The number of carbonyl (C=O) groups is 1. The van der Waals surface area contributed by atoms with E-state index in [1.54, 1.807) is 4.90 Å². The molecule has 0 atom stereocenters. The minimum Gasteiger partial charge on any atom is -0.361 e. The molecule has 0 bridgehead atoms. The Hall–Kier alpha value is -2.62. The highest BCUT2D eigenvalue weighted by Crippen LogP contribution is 2.18. The standard InChI is InChI=1S/C19H20N2O2/c1-13-18(14(2)23-20-13)11-19(22)21(3)12-15-8-9-16-6-4-5-7-17(16)10-15/h4-10H,11-12H2,1-3H3. The number of hydrogen-bond donors (Lipinski definition) is 0. The Kier molecular flexibility index (Phi) is 4.15. The van der Waals surface area contributed by atoms with Crippen molar-refractivity contribution in [3.8, 4) is 0 Å². The molecule has 1 aromatic heterocycles. The Morgan fingerprint density at radius 2 is 1.87 bits per heavy atom. The van der Waals surface area contributed by atoms with Gasteiger partial charge in [-0.25, -0.2) is 0 Å². The van der Waals surface area contributed by atoms with Crippen LogP contribution < -0.4 is 0 Å². The molecule has 0 saturated heterocycles. The van der Waals surface area contributed by atoms with E-state index in [2.05, 4.69) is 35.5 Å². The summed E-state index contributed by atoms with van der Waals surface area (Å²) in [5, 5.41) is 6.30. The van der Waals surface area contributed by atoms with Crippen LogP contribution in [-0.4, -0.2) is 23.0 Å². The lowest BCUT2D eigenvalue weighted by atomic mass is 10.1. The smallest absolute Gasteiger partial charge is 0.227 e. The number of hydrogen-bond acceptors (Lipinski definition) is 3. The number of rotatable bonds is 4. The lowest BCUT2D eigenvalue weighted by molar-refractivity contribution is -0.129. The van der Waals surface area contributed by atoms with Crippen molar-refractivity contribution in [1.82, 2.24) is 10.1 Å². The fourth-order valence-corrected chi connectivity index (χ4v) is 2.74. The third kappa shape index (κ3) is 3.26. The van der Waals surface area contributed by atoms with Gasteiger partial charge in [-0.2, -0.15) is 0 Å². The van der Waals surface area contributed by atoms with Crippen molar-refractivity contribution in [2.24, 2.45) is 0 Å². The van der Waals surface area contributed by atoms with Crippen molar-refractivity contribution in [1.29, 1.82) is 0 Å². The number of carbonyl (C=O) groups excluding carboxylic acids is 1. The molecule has 4 heteroatoms. The summed E-state index contributed by atoms with van der Waals surface area (Å²) in [7, 11) is 1.83. The minimum atomic E-state index is 0.0626. The molecule has 3 rings (SSSR count). The van der Waals surface area contributed by atoms with Crippen LogP contribution in [0.1, 0.15) is 22.6 Å². The van der Waals surface area contributed by atoms with E-state index < -0.39 is 0 Å². The van der Waals surface area contributed by atoms with Crippen molar-refractivity contribution < 1.29 is 9.32 Å². The predicted molar refractivity (Wildman–Crippen MR) is 90.1 cm³/mol. The first kappa shape index (κ1) is 15.3. The van der Waals surface area contributed by atoms with Gasteiger partial charge >= 0.3 is 0 Å². The molecule has 118 valence electrons. The summed E-state index contributed by atoms with van der Waals surface area (Å²) in [6.07, 6.45) is 0.325. The zero-order valence-corrected chi connectivity index (χ0v) is 13.7. The Bertz CT molecular complexity index is 832. The number of benzene rings is 2. The van der Waals surface area contributed by atoms with Crippen LogP contribution >= 0.6 is 0 Å². The normalized spacial score (nSPS) is 10.9. The van der Waals surface area contributed by atoms with Gasteiger partial charge in [0.2, 0.25) is 5.91 Å². The highest BCUT2D eigenvalue weighted by Gasteiger charge is 2.16. The third-order valence-corrected chi connectivity index (χ3v) is 4.17.